The van der Waals surface area contributed by atoms with E-state index in [2.05, 4.69) is 19.2 Å². The topological polar surface area (TPSA) is 64.6 Å². The number of benzene rings is 2. The largest absolute Gasteiger partial charge is 0.496 e. The molecule has 0 saturated heterocycles. The summed E-state index contributed by atoms with van der Waals surface area (Å²) in [5, 5.41) is 2.73. The third kappa shape index (κ3) is 5.62. The highest BCUT2D eigenvalue weighted by molar-refractivity contribution is 5.92. The number of methoxy groups -OCH3 is 1. The third-order valence-electron chi connectivity index (χ3n) is 4.27. The average Bonchev–Trinajstić information content (AvgIpc) is 2.67. The van der Waals surface area contributed by atoms with Crippen LogP contribution in [0.4, 0.5) is 5.69 Å². The number of hydrogen-bond donors (Lipinski definition) is 1. The fraction of sp³-hybridized carbons (Fsp3) is 0.333. The van der Waals surface area contributed by atoms with Gasteiger partial charge in [0.05, 0.1) is 13.5 Å². The molecule has 0 saturated carbocycles. The van der Waals surface area contributed by atoms with Crippen molar-refractivity contribution in [2.24, 2.45) is 0 Å². The van der Waals surface area contributed by atoms with Gasteiger partial charge in [-0.15, -0.1) is 0 Å². The Labute approximate surface area is 154 Å². The lowest BCUT2D eigenvalue weighted by Gasteiger charge is -2.11. The lowest BCUT2D eigenvalue weighted by molar-refractivity contribution is -0.146. The lowest BCUT2D eigenvalue weighted by Crippen LogP contribution is -2.21. The van der Waals surface area contributed by atoms with Crippen LogP contribution in [0.15, 0.2) is 48.5 Å². The van der Waals surface area contributed by atoms with E-state index in [1.54, 1.807) is 19.2 Å². The molecule has 5 nitrogen and oxygen atoms in total. The van der Waals surface area contributed by atoms with Crippen LogP contribution in [0.2, 0.25) is 0 Å². The van der Waals surface area contributed by atoms with Crippen molar-refractivity contribution in [3.05, 3.63) is 59.7 Å². The number of rotatable bonds is 8. The first-order valence-electron chi connectivity index (χ1n) is 8.70. The minimum absolute atomic E-state index is 0.0564. The molecular weight excluding hydrogens is 330 g/mol. The third-order valence-corrected chi connectivity index (χ3v) is 4.27. The average molecular weight is 355 g/mol. The number of ether oxygens (including phenoxy) is 2. The van der Waals surface area contributed by atoms with Crippen LogP contribution in [-0.2, 0) is 20.7 Å². The monoisotopic (exact) mass is 355 g/mol. The molecule has 0 bridgehead atoms. The van der Waals surface area contributed by atoms with E-state index in [4.69, 9.17) is 9.47 Å². The molecule has 1 atom stereocenters. The predicted octanol–water partition coefficient (Wildman–Crippen LogP) is 3.93. The summed E-state index contributed by atoms with van der Waals surface area (Å²) in [6.07, 6.45) is 1.12. The number of hydrogen-bond acceptors (Lipinski definition) is 4. The Bertz CT molecular complexity index is 740. The first-order chi connectivity index (χ1) is 12.5. The maximum atomic E-state index is 12.0. The molecule has 0 spiro atoms. The molecule has 0 aliphatic carbocycles. The Balaban J connectivity index is 1.82. The Kier molecular flexibility index (Phi) is 7.21. The Morgan fingerprint density at radius 3 is 2.42 bits per heavy atom. The molecule has 2 aromatic rings. The van der Waals surface area contributed by atoms with E-state index in [0.717, 1.165) is 12.0 Å². The lowest BCUT2D eigenvalue weighted by atomic mass is 9.99. The van der Waals surface area contributed by atoms with Gasteiger partial charge in [0.15, 0.2) is 6.61 Å². The second-order valence-corrected chi connectivity index (χ2v) is 6.13. The molecule has 1 N–H and O–H groups in total. The van der Waals surface area contributed by atoms with Gasteiger partial charge in [0.2, 0.25) is 0 Å². The van der Waals surface area contributed by atoms with Gasteiger partial charge in [-0.2, -0.15) is 0 Å². The molecule has 2 rings (SSSR count). The van der Waals surface area contributed by atoms with Crippen LogP contribution in [0.25, 0.3) is 0 Å². The van der Waals surface area contributed by atoms with Gasteiger partial charge in [-0.1, -0.05) is 44.2 Å². The standard InChI is InChI=1S/C21H25NO4/c1-4-15(2)16-9-11-18(12-10-16)22-20(23)14-26-21(24)13-17-7-5-6-8-19(17)25-3/h5-12,15H,4,13-14H2,1-3H3,(H,22,23)/t15-/m0/s1. The van der Waals surface area contributed by atoms with Gasteiger partial charge >= 0.3 is 5.97 Å². The smallest absolute Gasteiger partial charge is 0.310 e. The summed E-state index contributed by atoms with van der Waals surface area (Å²) in [7, 11) is 1.55. The molecule has 0 unspecified atom stereocenters. The van der Waals surface area contributed by atoms with E-state index < -0.39 is 5.97 Å². The normalized spacial score (nSPS) is 11.5. The van der Waals surface area contributed by atoms with Crippen molar-refractivity contribution in [2.45, 2.75) is 32.6 Å². The highest BCUT2D eigenvalue weighted by atomic mass is 16.5. The second kappa shape index (κ2) is 9.61. The van der Waals surface area contributed by atoms with Crippen molar-refractivity contribution in [3.63, 3.8) is 0 Å². The molecule has 5 heteroatoms. The molecule has 0 aliphatic heterocycles. The van der Waals surface area contributed by atoms with Gasteiger partial charge < -0.3 is 14.8 Å². The number of esters is 1. The van der Waals surface area contributed by atoms with E-state index in [1.165, 1.54) is 5.56 Å². The fourth-order valence-electron chi connectivity index (χ4n) is 2.53. The van der Waals surface area contributed by atoms with Crippen molar-refractivity contribution in [1.82, 2.24) is 0 Å². The van der Waals surface area contributed by atoms with Crippen LogP contribution in [0.3, 0.4) is 0 Å². The van der Waals surface area contributed by atoms with Crippen LogP contribution in [-0.4, -0.2) is 25.6 Å². The zero-order valence-electron chi connectivity index (χ0n) is 15.5. The summed E-state index contributed by atoms with van der Waals surface area (Å²) < 4.78 is 10.3. The van der Waals surface area contributed by atoms with E-state index in [-0.39, 0.29) is 18.9 Å². The molecule has 138 valence electrons. The molecular formula is C21H25NO4. The van der Waals surface area contributed by atoms with Crippen LogP contribution in [0.5, 0.6) is 5.75 Å². The maximum absolute atomic E-state index is 12.0. The first kappa shape index (κ1) is 19.5. The summed E-state index contributed by atoms with van der Waals surface area (Å²) in [5.74, 6) is 0.261. The summed E-state index contributed by atoms with van der Waals surface area (Å²) in [6.45, 7) is 3.98. The first-order valence-corrected chi connectivity index (χ1v) is 8.70. The van der Waals surface area contributed by atoms with Gasteiger partial charge in [-0.25, -0.2) is 0 Å². The summed E-state index contributed by atoms with van der Waals surface area (Å²) >= 11 is 0. The van der Waals surface area contributed by atoms with Gasteiger partial charge in [-0.3, -0.25) is 9.59 Å². The van der Waals surface area contributed by atoms with E-state index in [0.29, 0.717) is 17.4 Å². The molecule has 0 fully saturated rings. The SMILES string of the molecule is CC[C@H](C)c1ccc(NC(=O)COC(=O)Cc2ccccc2OC)cc1. The molecule has 26 heavy (non-hydrogen) atoms. The number of carbonyl (C=O) groups is 2. The minimum Gasteiger partial charge on any atom is -0.496 e. The highest BCUT2D eigenvalue weighted by Gasteiger charge is 2.12. The van der Waals surface area contributed by atoms with Gasteiger partial charge in [0.1, 0.15) is 5.75 Å². The van der Waals surface area contributed by atoms with E-state index in [1.807, 2.05) is 36.4 Å². The van der Waals surface area contributed by atoms with Gasteiger partial charge in [-0.05, 0) is 36.1 Å². The van der Waals surface area contributed by atoms with Crippen molar-refractivity contribution < 1.29 is 19.1 Å². The molecule has 1 amide bonds. The second-order valence-electron chi connectivity index (χ2n) is 6.13. The van der Waals surface area contributed by atoms with Crippen molar-refractivity contribution >= 4 is 17.6 Å². The van der Waals surface area contributed by atoms with Gasteiger partial charge in [0, 0.05) is 11.3 Å². The minimum atomic E-state index is -0.475. The number of anilines is 1. The number of amides is 1. The molecule has 0 radical (unpaired) electrons. The van der Waals surface area contributed by atoms with E-state index in [9.17, 15) is 9.59 Å². The summed E-state index contributed by atoms with van der Waals surface area (Å²) in [5.41, 5.74) is 2.64. The van der Waals surface area contributed by atoms with Crippen molar-refractivity contribution in [2.75, 3.05) is 19.0 Å². The zero-order chi connectivity index (χ0) is 18.9. The molecule has 0 aliphatic rings. The van der Waals surface area contributed by atoms with Gasteiger partial charge in [0.25, 0.3) is 5.91 Å². The van der Waals surface area contributed by atoms with Crippen molar-refractivity contribution in [3.8, 4) is 5.75 Å². The Morgan fingerprint density at radius 1 is 1.08 bits per heavy atom. The molecule has 0 aromatic heterocycles. The molecule has 0 heterocycles. The van der Waals surface area contributed by atoms with Crippen molar-refractivity contribution in [1.29, 1.82) is 0 Å². The fourth-order valence-corrected chi connectivity index (χ4v) is 2.53. The Hall–Kier alpha value is -2.82. The zero-order valence-corrected chi connectivity index (χ0v) is 15.5. The van der Waals surface area contributed by atoms with Crippen LogP contribution < -0.4 is 10.1 Å². The predicted molar refractivity (Wildman–Crippen MR) is 101 cm³/mol. The van der Waals surface area contributed by atoms with Crippen LogP contribution >= 0.6 is 0 Å². The van der Waals surface area contributed by atoms with Crippen LogP contribution in [0.1, 0.15) is 37.3 Å². The quantitative estimate of drug-likeness (QED) is 0.729. The summed E-state index contributed by atoms with van der Waals surface area (Å²) in [6, 6.07) is 14.9. The van der Waals surface area contributed by atoms with Crippen LogP contribution in [0, 0.1) is 0 Å². The molecule has 2 aromatic carbocycles. The highest BCUT2D eigenvalue weighted by Crippen LogP contribution is 2.20. The number of nitrogens with one attached hydrogen (secondary N) is 1. The number of carbonyl (C=O) groups excluding carboxylic acids is 2. The summed E-state index contributed by atoms with van der Waals surface area (Å²) in [4.78, 5) is 23.9. The Morgan fingerprint density at radius 2 is 1.77 bits per heavy atom. The van der Waals surface area contributed by atoms with E-state index >= 15 is 0 Å². The maximum Gasteiger partial charge on any atom is 0.310 e. The number of para-hydroxylation sites is 1.